The molecule has 3 atom stereocenters. The Morgan fingerprint density at radius 3 is 2.30 bits per heavy atom. The lowest BCUT2D eigenvalue weighted by atomic mass is 9.90. The third kappa shape index (κ3) is 4.10. The Labute approximate surface area is 159 Å². The Balaban J connectivity index is 1.46. The van der Waals surface area contributed by atoms with Gasteiger partial charge >= 0.3 is 0 Å². The molecule has 0 saturated carbocycles. The molecule has 3 aliphatic rings. The highest BCUT2D eigenvalue weighted by atomic mass is 19.1. The third-order valence-corrected chi connectivity index (χ3v) is 6.26. The molecule has 3 fully saturated rings. The minimum Gasteiger partial charge on any atom is -0.368 e. The van der Waals surface area contributed by atoms with Crippen LogP contribution in [0.4, 0.5) is 18.9 Å². The average molecular weight is 382 g/mol. The van der Waals surface area contributed by atoms with Crippen molar-refractivity contribution >= 4 is 5.69 Å². The van der Waals surface area contributed by atoms with Gasteiger partial charge in [0.05, 0.1) is 6.54 Å². The highest BCUT2D eigenvalue weighted by Gasteiger charge is 2.34. The quantitative estimate of drug-likeness (QED) is 0.840. The van der Waals surface area contributed by atoms with Crippen LogP contribution in [0, 0.1) is 11.6 Å². The van der Waals surface area contributed by atoms with Crippen molar-refractivity contribution in [3.8, 4) is 0 Å². The van der Waals surface area contributed by atoms with Crippen molar-refractivity contribution in [2.75, 3.05) is 57.3 Å². The summed E-state index contributed by atoms with van der Waals surface area (Å²) in [5.41, 5.74) is 0.636. The topological polar surface area (TPSA) is 30.5 Å². The van der Waals surface area contributed by atoms with Gasteiger partial charge in [-0.05, 0) is 37.9 Å². The number of hydrogen-bond acceptors (Lipinski definition) is 4. The van der Waals surface area contributed by atoms with Crippen molar-refractivity contribution in [3.05, 3.63) is 29.3 Å². The second-order valence-corrected chi connectivity index (χ2v) is 7.97. The van der Waals surface area contributed by atoms with Crippen molar-refractivity contribution in [2.24, 2.45) is 0 Å². The summed E-state index contributed by atoms with van der Waals surface area (Å²) in [7, 11) is 0. The first-order valence-electron chi connectivity index (χ1n) is 10.2. The molecule has 27 heavy (non-hydrogen) atoms. The van der Waals surface area contributed by atoms with E-state index in [1.54, 1.807) is 4.90 Å². The molecule has 0 radical (unpaired) electrons. The number of piperazine rings is 1. The fourth-order valence-corrected chi connectivity index (χ4v) is 4.79. The summed E-state index contributed by atoms with van der Waals surface area (Å²) in [6, 6.07) is 2.70. The monoisotopic (exact) mass is 382 g/mol. The number of hydrogen-bond donors (Lipinski definition) is 2. The molecular formula is C20H29F3N4. The first-order valence-corrected chi connectivity index (χ1v) is 10.2. The SMILES string of the molecule is Fc1cc(N2CC[C@H](N3CCNCC3)[C@H](F)C2)cc(F)c1C1CCCNC1. The van der Waals surface area contributed by atoms with E-state index in [0.717, 1.165) is 45.6 Å². The molecule has 0 amide bonds. The Hall–Kier alpha value is -1.31. The van der Waals surface area contributed by atoms with Gasteiger partial charge in [-0.25, -0.2) is 13.2 Å². The Morgan fingerprint density at radius 1 is 0.926 bits per heavy atom. The average Bonchev–Trinajstić information content (AvgIpc) is 2.69. The van der Waals surface area contributed by atoms with Crippen molar-refractivity contribution in [1.29, 1.82) is 0 Å². The molecule has 2 N–H and O–H groups in total. The van der Waals surface area contributed by atoms with Crippen LogP contribution in [0.1, 0.15) is 30.7 Å². The zero-order valence-electron chi connectivity index (χ0n) is 15.7. The van der Waals surface area contributed by atoms with Gasteiger partial charge in [-0.1, -0.05) is 0 Å². The molecule has 1 unspecified atom stereocenters. The van der Waals surface area contributed by atoms with Gasteiger partial charge < -0.3 is 15.5 Å². The molecule has 1 aromatic carbocycles. The molecule has 4 rings (SSSR count). The number of nitrogens with one attached hydrogen (secondary N) is 2. The van der Waals surface area contributed by atoms with E-state index in [4.69, 9.17) is 0 Å². The largest absolute Gasteiger partial charge is 0.368 e. The zero-order chi connectivity index (χ0) is 18.8. The highest BCUT2D eigenvalue weighted by molar-refractivity contribution is 5.50. The second-order valence-electron chi connectivity index (χ2n) is 7.97. The van der Waals surface area contributed by atoms with Crippen LogP contribution in [-0.4, -0.2) is 69.5 Å². The number of rotatable bonds is 3. The van der Waals surface area contributed by atoms with E-state index in [2.05, 4.69) is 15.5 Å². The Bertz CT molecular complexity index is 621. The molecule has 3 aliphatic heterocycles. The van der Waals surface area contributed by atoms with Crippen LogP contribution in [-0.2, 0) is 0 Å². The van der Waals surface area contributed by atoms with E-state index in [-0.39, 0.29) is 24.1 Å². The van der Waals surface area contributed by atoms with Crippen LogP contribution in [0.2, 0.25) is 0 Å². The lowest BCUT2D eigenvalue weighted by Gasteiger charge is -2.43. The Kier molecular flexibility index (Phi) is 5.90. The van der Waals surface area contributed by atoms with E-state index in [0.29, 0.717) is 25.2 Å². The van der Waals surface area contributed by atoms with Gasteiger partial charge in [0.1, 0.15) is 17.8 Å². The van der Waals surface area contributed by atoms with Gasteiger partial charge in [0.2, 0.25) is 0 Å². The van der Waals surface area contributed by atoms with Gasteiger partial charge in [0, 0.05) is 62.5 Å². The molecule has 150 valence electrons. The minimum atomic E-state index is -1.01. The van der Waals surface area contributed by atoms with Crippen LogP contribution in [0.15, 0.2) is 12.1 Å². The molecule has 0 spiro atoms. The molecule has 4 nitrogen and oxygen atoms in total. The predicted molar refractivity (Wildman–Crippen MR) is 101 cm³/mol. The van der Waals surface area contributed by atoms with E-state index in [1.165, 1.54) is 12.1 Å². The molecule has 0 aromatic heterocycles. The molecular weight excluding hydrogens is 353 g/mol. The first-order chi connectivity index (χ1) is 13.1. The van der Waals surface area contributed by atoms with Gasteiger partial charge in [0.15, 0.2) is 0 Å². The fraction of sp³-hybridized carbons (Fsp3) is 0.700. The summed E-state index contributed by atoms with van der Waals surface area (Å²) >= 11 is 0. The number of halogens is 3. The van der Waals surface area contributed by atoms with Crippen LogP contribution in [0.25, 0.3) is 0 Å². The van der Waals surface area contributed by atoms with Crippen molar-refractivity contribution < 1.29 is 13.2 Å². The zero-order valence-corrected chi connectivity index (χ0v) is 15.7. The number of anilines is 1. The van der Waals surface area contributed by atoms with Crippen molar-refractivity contribution in [2.45, 2.75) is 37.4 Å². The molecule has 3 saturated heterocycles. The van der Waals surface area contributed by atoms with Crippen LogP contribution in [0.3, 0.4) is 0 Å². The molecule has 3 heterocycles. The standard InChI is InChI=1S/C20H29F3N4/c21-16-10-15(11-17(22)20(16)14-2-1-4-25-12-14)27-7-3-19(18(23)13-27)26-8-5-24-6-9-26/h10-11,14,18-19,24-25H,1-9,12-13H2/t14?,18-,19+/m1/s1. The lowest BCUT2D eigenvalue weighted by Crippen LogP contribution is -2.57. The molecule has 1 aromatic rings. The Morgan fingerprint density at radius 2 is 1.67 bits per heavy atom. The van der Waals surface area contributed by atoms with E-state index in [1.807, 2.05) is 0 Å². The van der Waals surface area contributed by atoms with Crippen LogP contribution >= 0.6 is 0 Å². The fourth-order valence-electron chi connectivity index (χ4n) is 4.79. The predicted octanol–water partition coefficient (Wildman–Crippen LogP) is 2.25. The summed E-state index contributed by atoms with van der Waals surface area (Å²) in [5, 5.41) is 6.49. The van der Waals surface area contributed by atoms with Gasteiger partial charge in [0.25, 0.3) is 0 Å². The van der Waals surface area contributed by atoms with Crippen molar-refractivity contribution in [3.63, 3.8) is 0 Å². The maximum absolute atomic E-state index is 14.8. The van der Waals surface area contributed by atoms with Crippen LogP contribution < -0.4 is 15.5 Å². The number of benzene rings is 1. The summed E-state index contributed by atoms with van der Waals surface area (Å²) in [6.07, 6.45) is 1.39. The van der Waals surface area contributed by atoms with E-state index >= 15 is 0 Å². The summed E-state index contributed by atoms with van der Waals surface area (Å²) in [4.78, 5) is 4.00. The van der Waals surface area contributed by atoms with Gasteiger partial charge in [-0.2, -0.15) is 0 Å². The van der Waals surface area contributed by atoms with Gasteiger partial charge in [-0.15, -0.1) is 0 Å². The molecule has 0 aliphatic carbocycles. The van der Waals surface area contributed by atoms with E-state index in [9.17, 15) is 13.2 Å². The highest BCUT2D eigenvalue weighted by Crippen LogP contribution is 2.33. The maximum Gasteiger partial charge on any atom is 0.133 e. The minimum absolute atomic E-state index is 0.0920. The number of alkyl halides is 1. The first kappa shape index (κ1) is 19.0. The molecule has 0 bridgehead atoms. The maximum atomic E-state index is 14.8. The summed E-state index contributed by atoms with van der Waals surface area (Å²) in [6.45, 7) is 5.82. The lowest BCUT2D eigenvalue weighted by molar-refractivity contribution is 0.0823. The number of piperidine rings is 2. The summed E-state index contributed by atoms with van der Waals surface area (Å²) < 4.78 is 44.3. The van der Waals surface area contributed by atoms with Crippen LogP contribution in [0.5, 0.6) is 0 Å². The third-order valence-electron chi connectivity index (χ3n) is 6.26. The normalized spacial score (nSPS) is 30.5. The smallest absolute Gasteiger partial charge is 0.133 e. The summed E-state index contributed by atoms with van der Waals surface area (Å²) in [5.74, 6) is -1.13. The van der Waals surface area contributed by atoms with Crippen molar-refractivity contribution in [1.82, 2.24) is 15.5 Å². The number of nitrogens with zero attached hydrogens (tertiary/aromatic N) is 2. The van der Waals surface area contributed by atoms with Gasteiger partial charge in [-0.3, -0.25) is 4.90 Å². The second kappa shape index (κ2) is 8.37. The molecule has 7 heteroatoms. The van der Waals surface area contributed by atoms with E-state index < -0.39 is 17.8 Å².